The van der Waals surface area contributed by atoms with Gasteiger partial charge in [-0.15, -0.1) is 11.3 Å². The van der Waals surface area contributed by atoms with E-state index >= 15 is 0 Å². The van der Waals surface area contributed by atoms with Crippen LogP contribution < -0.4 is 5.32 Å². The van der Waals surface area contributed by atoms with Crippen molar-refractivity contribution in [2.45, 2.75) is 30.6 Å². The van der Waals surface area contributed by atoms with Crippen molar-refractivity contribution in [2.24, 2.45) is 0 Å². The molecular formula is C26H25N3O3S2. The minimum atomic E-state index is -3.48. The molecule has 0 spiro atoms. The Morgan fingerprint density at radius 2 is 1.62 bits per heavy atom. The van der Waals surface area contributed by atoms with Crippen molar-refractivity contribution < 1.29 is 13.2 Å². The molecule has 1 amide bonds. The summed E-state index contributed by atoms with van der Waals surface area (Å²) in [6.45, 7) is 1.14. The number of carbonyl (C=O) groups is 1. The molecule has 5 rings (SSSR count). The smallest absolute Gasteiger partial charge is 0.243 e. The summed E-state index contributed by atoms with van der Waals surface area (Å²) in [4.78, 5) is 17.8. The number of anilines is 1. The molecule has 0 saturated carbocycles. The van der Waals surface area contributed by atoms with E-state index in [-0.39, 0.29) is 17.2 Å². The van der Waals surface area contributed by atoms with Gasteiger partial charge in [0.15, 0.2) is 0 Å². The molecule has 0 unspecified atom stereocenters. The third-order valence-corrected chi connectivity index (χ3v) is 8.95. The predicted molar refractivity (Wildman–Crippen MR) is 136 cm³/mol. The van der Waals surface area contributed by atoms with Crippen LogP contribution in [0.3, 0.4) is 0 Å². The monoisotopic (exact) mass is 491 g/mol. The molecule has 1 aliphatic heterocycles. The molecule has 174 valence electrons. The first-order valence-electron chi connectivity index (χ1n) is 11.3. The standard InChI is InChI=1S/C26H25N3O3S2/c30-25(18-19-12-14-20(15-13-19)34(31,32)29-16-6-1-7-17-29)27-22-9-3-2-8-21(22)26-28-23-10-4-5-11-24(23)33-26/h2-5,8-15H,1,6-7,16-18H2,(H,27,30). The Balaban J connectivity index is 1.30. The maximum absolute atomic E-state index is 12.8. The van der Waals surface area contributed by atoms with E-state index in [0.29, 0.717) is 18.8 Å². The summed E-state index contributed by atoms with van der Waals surface area (Å²) in [5.74, 6) is -0.166. The summed E-state index contributed by atoms with van der Waals surface area (Å²) in [6, 6.07) is 22.2. The van der Waals surface area contributed by atoms with E-state index in [2.05, 4.69) is 5.32 Å². The third-order valence-electron chi connectivity index (χ3n) is 5.97. The van der Waals surface area contributed by atoms with Crippen molar-refractivity contribution in [2.75, 3.05) is 18.4 Å². The zero-order valence-corrected chi connectivity index (χ0v) is 20.2. The molecule has 1 fully saturated rings. The fourth-order valence-corrected chi connectivity index (χ4v) is 6.70. The van der Waals surface area contributed by atoms with Gasteiger partial charge in [-0.3, -0.25) is 4.79 Å². The van der Waals surface area contributed by atoms with Gasteiger partial charge in [-0.05, 0) is 54.8 Å². The normalized spacial score (nSPS) is 14.8. The Labute approximate surface area is 203 Å². The molecule has 1 aromatic heterocycles. The third kappa shape index (κ3) is 4.75. The SMILES string of the molecule is O=C(Cc1ccc(S(=O)(=O)N2CCCCC2)cc1)Nc1ccccc1-c1nc2ccccc2s1. The van der Waals surface area contributed by atoms with Gasteiger partial charge in [0.05, 0.1) is 27.2 Å². The van der Waals surface area contributed by atoms with Gasteiger partial charge in [0.2, 0.25) is 15.9 Å². The van der Waals surface area contributed by atoms with Crippen molar-refractivity contribution in [3.8, 4) is 10.6 Å². The van der Waals surface area contributed by atoms with E-state index in [9.17, 15) is 13.2 Å². The Kier molecular flexibility index (Phi) is 6.45. The van der Waals surface area contributed by atoms with Crippen LogP contribution in [0.15, 0.2) is 77.7 Å². The number of carbonyl (C=O) groups excluding carboxylic acids is 1. The van der Waals surface area contributed by atoms with E-state index < -0.39 is 10.0 Å². The summed E-state index contributed by atoms with van der Waals surface area (Å²) in [5.41, 5.74) is 3.27. The van der Waals surface area contributed by atoms with Crippen molar-refractivity contribution in [1.29, 1.82) is 0 Å². The van der Waals surface area contributed by atoms with E-state index in [1.54, 1.807) is 39.9 Å². The first-order valence-corrected chi connectivity index (χ1v) is 13.6. The summed E-state index contributed by atoms with van der Waals surface area (Å²) in [5, 5.41) is 3.85. The van der Waals surface area contributed by atoms with Crippen LogP contribution in [0, 0.1) is 0 Å². The number of thiazole rings is 1. The van der Waals surface area contributed by atoms with Crippen LogP contribution in [0.4, 0.5) is 5.69 Å². The van der Waals surface area contributed by atoms with Crippen molar-refractivity contribution in [3.63, 3.8) is 0 Å². The highest BCUT2D eigenvalue weighted by Gasteiger charge is 2.25. The fourth-order valence-electron chi connectivity index (χ4n) is 4.18. The van der Waals surface area contributed by atoms with Gasteiger partial charge in [0, 0.05) is 18.7 Å². The van der Waals surface area contributed by atoms with Gasteiger partial charge in [0.25, 0.3) is 0 Å². The number of nitrogens with zero attached hydrogens (tertiary/aromatic N) is 2. The first kappa shape index (κ1) is 22.7. The largest absolute Gasteiger partial charge is 0.325 e. The second-order valence-electron chi connectivity index (χ2n) is 8.37. The average Bonchev–Trinajstić information content (AvgIpc) is 3.29. The lowest BCUT2D eigenvalue weighted by molar-refractivity contribution is -0.115. The molecule has 1 saturated heterocycles. The van der Waals surface area contributed by atoms with Crippen LogP contribution in [0.2, 0.25) is 0 Å². The molecule has 34 heavy (non-hydrogen) atoms. The van der Waals surface area contributed by atoms with E-state index in [1.807, 2.05) is 48.5 Å². The number of benzene rings is 3. The van der Waals surface area contributed by atoms with E-state index in [1.165, 1.54) is 0 Å². The van der Waals surface area contributed by atoms with Crippen LogP contribution in [-0.2, 0) is 21.2 Å². The fraction of sp³-hybridized carbons (Fsp3) is 0.231. The minimum absolute atomic E-state index is 0.151. The molecule has 2 heterocycles. The molecule has 6 nitrogen and oxygen atoms in total. The summed E-state index contributed by atoms with van der Waals surface area (Å²) >= 11 is 1.59. The van der Waals surface area contributed by atoms with Crippen LogP contribution in [0.25, 0.3) is 20.8 Å². The second-order valence-corrected chi connectivity index (χ2v) is 11.3. The zero-order chi connectivity index (χ0) is 23.5. The molecule has 1 N–H and O–H groups in total. The highest BCUT2D eigenvalue weighted by atomic mass is 32.2. The molecular weight excluding hydrogens is 466 g/mol. The van der Waals surface area contributed by atoms with Gasteiger partial charge in [-0.25, -0.2) is 13.4 Å². The minimum Gasteiger partial charge on any atom is -0.325 e. The Bertz CT molecular complexity index is 1390. The number of fused-ring (bicyclic) bond motifs is 1. The number of hydrogen-bond donors (Lipinski definition) is 1. The summed E-state index contributed by atoms with van der Waals surface area (Å²) in [6.07, 6.45) is 3.02. The second kappa shape index (κ2) is 9.66. The van der Waals surface area contributed by atoms with Gasteiger partial charge in [0.1, 0.15) is 5.01 Å². The lowest BCUT2D eigenvalue weighted by Crippen LogP contribution is -2.35. The number of para-hydroxylation sites is 2. The highest BCUT2D eigenvalue weighted by Crippen LogP contribution is 2.34. The first-order chi connectivity index (χ1) is 16.5. The van der Waals surface area contributed by atoms with E-state index in [0.717, 1.165) is 45.6 Å². The Morgan fingerprint density at radius 3 is 2.38 bits per heavy atom. The van der Waals surface area contributed by atoms with Crippen LogP contribution in [0.1, 0.15) is 24.8 Å². The van der Waals surface area contributed by atoms with Crippen LogP contribution in [0.5, 0.6) is 0 Å². The number of hydrogen-bond acceptors (Lipinski definition) is 5. The predicted octanol–water partition coefficient (Wildman–Crippen LogP) is 5.32. The van der Waals surface area contributed by atoms with Crippen LogP contribution in [-0.4, -0.2) is 36.7 Å². The molecule has 1 aliphatic rings. The number of piperidine rings is 1. The summed E-state index contributed by atoms with van der Waals surface area (Å²) < 4.78 is 28.3. The topological polar surface area (TPSA) is 79.4 Å². The number of rotatable bonds is 6. The van der Waals surface area contributed by atoms with Gasteiger partial charge >= 0.3 is 0 Å². The maximum Gasteiger partial charge on any atom is 0.243 e. The Hall–Kier alpha value is -3.07. The quantitative estimate of drug-likeness (QED) is 0.396. The Morgan fingerprint density at radius 1 is 0.912 bits per heavy atom. The summed E-state index contributed by atoms with van der Waals surface area (Å²) in [7, 11) is -3.48. The van der Waals surface area contributed by atoms with Gasteiger partial charge in [-0.2, -0.15) is 4.31 Å². The van der Waals surface area contributed by atoms with E-state index in [4.69, 9.17) is 4.98 Å². The number of nitrogens with one attached hydrogen (secondary N) is 1. The molecule has 0 bridgehead atoms. The highest BCUT2D eigenvalue weighted by molar-refractivity contribution is 7.89. The van der Waals surface area contributed by atoms with Crippen LogP contribution >= 0.6 is 11.3 Å². The van der Waals surface area contributed by atoms with Crippen molar-refractivity contribution in [3.05, 3.63) is 78.4 Å². The van der Waals surface area contributed by atoms with Crippen molar-refractivity contribution >= 4 is 43.2 Å². The van der Waals surface area contributed by atoms with Gasteiger partial charge < -0.3 is 5.32 Å². The average molecular weight is 492 g/mol. The molecule has 8 heteroatoms. The van der Waals surface area contributed by atoms with Crippen molar-refractivity contribution in [1.82, 2.24) is 9.29 Å². The number of amides is 1. The molecule has 4 aromatic rings. The van der Waals surface area contributed by atoms with Gasteiger partial charge in [-0.1, -0.05) is 42.8 Å². The maximum atomic E-state index is 12.8. The molecule has 0 radical (unpaired) electrons. The molecule has 0 aliphatic carbocycles. The molecule has 0 atom stereocenters. The number of aromatic nitrogens is 1. The lowest BCUT2D eigenvalue weighted by atomic mass is 10.1. The number of sulfonamides is 1. The zero-order valence-electron chi connectivity index (χ0n) is 18.6. The molecule has 3 aromatic carbocycles. The lowest BCUT2D eigenvalue weighted by Gasteiger charge is -2.25.